The lowest BCUT2D eigenvalue weighted by Gasteiger charge is -2.38. The third kappa shape index (κ3) is 5.61. The Bertz CT molecular complexity index is 1320. The number of likely N-dealkylation sites (tertiary alicyclic amines) is 1. The number of primary amides is 1. The van der Waals surface area contributed by atoms with Crippen LogP contribution >= 0.6 is 0 Å². The molecule has 38 heavy (non-hydrogen) atoms. The molecule has 11 heteroatoms. The molecular formula is C27H27F3N4O4. The van der Waals surface area contributed by atoms with Crippen molar-refractivity contribution in [1.29, 1.82) is 0 Å². The summed E-state index contributed by atoms with van der Waals surface area (Å²) < 4.78 is 49.2. The van der Waals surface area contributed by atoms with Gasteiger partial charge in [0.15, 0.2) is 0 Å². The Morgan fingerprint density at radius 3 is 2.34 bits per heavy atom. The number of imidazole rings is 1. The molecule has 2 aliphatic rings. The number of ether oxygens (including phenoxy) is 2. The maximum atomic E-state index is 13.0. The first kappa shape index (κ1) is 25.6. The monoisotopic (exact) mass is 528 g/mol. The number of aryl methyl sites for hydroxylation is 1. The zero-order valence-electron chi connectivity index (χ0n) is 20.6. The number of carbonyl (C=O) groups excluding carboxylic acids is 2. The summed E-state index contributed by atoms with van der Waals surface area (Å²) in [6, 6.07) is 10.6. The molecule has 1 saturated carbocycles. The Morgan fingerprint density at radius 1 is 1.08 bits per heavy atom. The average Bonchev–Trinajstić information content (AvgIpc) is 3.38. The van der Waals surface area contributed by atoms with Crippen LogP contribution in [0.4, 0.5) is 13.2 Å². The van der Waals surface area contributed by atoms with E-state index in [0.717, 1.165) is 24.1 Å². The zero-order valence-corrected chi connectivity index (χ0v) is 20.6. The van der Waals surface area contributed by atoms with E-state index in [4.69, 9.17) is 10.5 Å². The number of nitrogens with zero attached hydrogens (tertiary/aromatic N) is 3. The number of hydrogen-bond donors (Lipinski definition) is 1. The number of halogens is 3. The lowest BCUT2D eigenvalue weighted by molar-refractivity contribution is -0.274. The summed E-state index contributed by atoms with van der Waals surface area (Å²) >= 11 is 0. The van der Waals surface area contributed by atoms with Gasteiger partial charge in [-0.3, -0.25) is 9.59 Å². The summed E-state index contributed by atoms with van der Waals surface area (Å²) in [7, 11) is 1.86. The third-order valence-corrected chi connectivity index (χ3v) is 7.12. The fourth-order valence-electron chi connectivity index (χ4n) is 5.36. The number of benzene rings is 2. The number of piperidine rings is 1. The van der Waals surface area contributed by atoms with Crippen molar-refractivity contribution >= 4 is 11.8 Å². The molecule has 1 saturated heterocycles. The van der Waals surface area contributed by atoms with Gasteiger partial charge in [0.2, 0.25) is 5.91 Å². The van der Waals surface area contributed by atoms with Gasteiger partial charge >= 0.3 is 6.36 Å². The Hall–Kier alpha value is -4.02. The van der Waals surface area contributed by atoms with Crippen molar-refractivity contribution < 1.29 is 32.2 Å². The molecule has 2 aromatic carbocycles. The molecule has 2 amide bonds. The summed E-state index contributed by atoms with van der Waals surface area (Å²) in [5.74, 6) is -0.409. The highest BCUT2D eigenvalue weighted by Gasteiger charge is 2.45. The quantitative estimate of drug-likeness (QED) is 0.501. The predicted molar refractivity (Wildman–Crippen MR) is 131 cm³/mol. The SMILES string of the molecule is Cn1cnc(-c2ccc(OC3[C@@H]4CC[C@H]3CN(C(=O)Cc3ccc(OC(F)(F)F)cc3)C4)c(C(N)=O)c2)c1. The van der Waals surface area contributed by atoms with E-state index >= 15 is 0 Å². The molecule has 1 aliphatic heterocycles. The van der Waals surface area contributed by atoms with Gasteiger partial charge in [-0.2, -0.15) is 0 Å². The molecule has 2 fully saturated rings. The van der Waals surface area contributed by atoms with Crippen LogP contribution in [-0.4, -0.2) is 51.8 Å². The minimum atomic E-state index is -4.76. The van der Waals surface area contributed by atoms with E-state index in [1.165, 1.54) is 24.3 Å². The molecule has 1 aliphatic carbocycles. The summed E-state index contributed by atoms with van der Waals surface area (Å²) in [5.41, 5.74) is 8.03. The van der Waals surface area contributed by atoms with E-state index in [1.54, 1.807) is 23.4 Å². The number of aromatic nitrogens is 2. The minimum absolute atomic E-state index is 0.0814. The highest BCUT2D eigenvalue weighted by molar-refractivity contribution is 5.97. The van der Waals surface area contributed by atoms with Crippen molar-refractivity contribution in [3.8, 4) is 22.8 Å². The van der Waals surface area contributed by atoms with Gasteiger partial charge in [-0.1, -0.05) is 12.1 Å². The Balaban J connectivity index is 1.24. The smallest absolute Gasteiger partial charge is 0.489 e. The second kappa shape index (κ2) is 10.0. The lowest BCUT2D eigenvalue weighted by Crippen LogP contribution is -2.49. The van der Waals surface area contributed by atoms with Gasteiger partial charge in [-0.15, -0.1) is 13.2 Å². The molecule has 0 spiro atoms. The Morgan fingerprint density at radius 2 is 1.76 bits per heavy atom. The minimum Gasteiger partial charge on any atom is -0.489 e. The molecule has 3 aromatic rings. The van der Waals surface area contributed by atoms with Gasteiger partial charge in [0, 0.05) is 43.7 Å². The maximum Gasteiger partial charge on any atom is 0.573 e. The van der Waals surface area contributed by atoms with E-state index in [2.05, 4.69) is 9.72 Å². The van der Waals surface area contributed by atoms with Crippen LogP contribution < -0.4 is 15.2 Å². The van der Waals surface area contributed by atoms with Gasteiger partial charge in [-0.05, 0) is 48.7 Å². The van der Waals surface area contributed by atoms with Gasteiger partial charge < -0.3 is 24.7 Å². The van der Waals surface area contributed by atoms with Crippen LogP contribution in [0.15, 0.2) is 55.0 Å². The molecule has 0 radical (unpaired) electrons. The topological polar surface area (TPSA) is 99.7 Å². The first-order chi connectivity index (χ1) is 18.1. The molecule has 2 heterocycles. The van der Waals surface area contributed by atoms with E-state index in [-0.39, 0.29) is 41.6 Å². The fraction of sp³-hybridized carbons (Fsp3) is 0.370. The van der Waals surface area contributed by atoms with Crippen LogP contribution in [0.3, 0.4) is 0 Å². The number of rotatable bonds is 7. The second-order valence-electron chi connectivity index (χ2n) is 9.85. The van der Waals surface area contributed by atoms with Crippen LogP contribution in [0.5, 0.6) is 11.5 Å². The summed E-state index contributed by atoms with van der Waals surface area (Å²) in [6.45, 7) is 1.01. The molecule has 3 atom stereocenters. The van der Waals surface area contributed by atoms with Gasteiger partial charge in [0.25, 0.3) is 5.91 Å². The number of amides is 2. The highest BCUT2D eigenvalue weighted by atomic mass is 19.4. The van der Waals surface area contributed by atoms with Gasteiger partial charge in [0.05, 0.1) is 24.0 Å². The van der Waals surface area contributed by atoms with E-state index in [1.807, 2.05) is 23.9 Å². The van der Waals surface area contributed by atoms with E-state index in [9.17, 15) is 22.8 Å². The summed E-state index contributed by atoms with van der Waals surface area (Å²) in [5, 5.41) is 0. The lowest BCUT2D eigenvalue weighted by atomic mass is 9.94. The van der Waals surface area contributed by atoms with E-state index in [0.29, 0.717) is 24.4 Å². The molecule has 5 rings (SSSR count). The maximum absolute atomic E-state index is 13.0. The first-order valence-electron chi connectivity index (χ1n) is 12.3. The normalized spacial score (nSPS) is 20.8. The summed E-state index contributed by atoms with van der Waals surface area (Å²) in [4.78, 5) is 31.3. The average molecular weight is 529 g/mol. The van der Waals surface area contributed by atoms with Gasteiger partial charge in [0.1, 0.15) is 17.6 Å². The first-order valence-corrected chi connectivity index (χ1v) is 12.3. The van der Waals surface area contributed by atoms with Crippen molar-refractivity contribution in [2.24, 2.45) is 24.6 Å². The molecule has 2 bridgehead atoms. The Kier molecular flexibility index (Phi) is 6.77. The van der Waals surface area contributed by atoms with Crippen LogP contribution in [-0.2, 0) is 18.3 Å². The molecule has 2 N–H and O–H groups in total. The third-order valence-electron chi connectivity index (χ3n) is 7.12. The molecule has 1 aromatic heterocycles. The van der Waals surface area contributed by atoms with Gasteiger partial charge in [-0.25, -0.2) is 4.98 Å². The fourth-order valence-corrected chi connectivity index (χ4v) is 5.36. The van der Waals surface area contributed by atoms with E-state index < -0.39 is 12.3 Å². The molecule has 200 valence electrons. The largest absolute Gasteiger partial charge is 0.573 e. The molecule has 8 nitrogen and oxygen atoms in total. The van der Waals surface area contributed by atoms with Crippen LogP contribution in [0.1, 0.15) is 28.8 Å². The summed E-state index contributed by atoms with van der Waals surface area (Å²) in [6.07, 6.45) is 0.463. The number of fused-ring (bicyclic) bond motifs is 2. The number of hydrogen-bond acceptors (Lipinski definition) is 5. The predicted octanol–water partition coefficient (Wildman–Crippen LogP) is 3.94. The van der Waals surface area contributed by atoms with Crippen molar-refractivity contribution in [2.45, 2.75) is 31.7 Å². The van der Waals surface area contributed by atoms with Crippen molar-refractivity contribution in [1.82, 2.24) is 14.5 Å². The molecular weight excluding hydrogens is 501 g/mol. The highest BCUT2D eigenvalue weighted by Crippen LogP contribution is 2.40. The second-order valence-corrected chi connectivity index (χ2v) is 9.85. The Labute approximate surface area is 217 Å². The standard InChI is InChI=1S/C27H27F3N4O4/c1-33-14-22(32-15-33)17-6-9-23(21(11-17)26(31)36)37-25-18-4-5-19(25)13-34(12-18)24(35)10-16-2-7-20(8-3-16)38-27(28,29)30/h2-3,6-9,11,14-15,18-19,25H,4-5,10,12-13H2,1H3,(H2,31,36)/t18-,19+,25?. The number of alkyl halides is 3. The number of nitrogens with two attached hydrogens (primary N) is 1. The number of carbonyl (C=O) groups is 2. The van der Waals surface area contributed by atoms with Crippen molar-refractivity contribution in [3.63, 3.8) is 0 Å². The zero-order chi connectivity index (χ0) is 27.0. The van der Waals surface area contributed by atoms with Crippen LogP contribution in [0.25, 0.3) is 11.3 Å². The van der Waals surface area contributed by atoms with Crippen molar-refractivity contribution in [3.05, 3.63) is 66.1 Å². The van der Waals surface area contributed by atoms with Crippen LogP contribution in [0, 0.1) is 11.8 Å². The van der Waals surface area contributed by atoms with Crippen LogP contribution in [0.2, 0.25) is 0 Å². The molecule has 1 unspecified atom stereocenters. The van der Waals surface area contributed by atoms with Crippen molar-refractivity contribution in [2.75, 3.05) is 13.1 Å².